The Labute approximate surface area is 142 Å². The van der Waals surface area contributed by atoms with Crippen LogP contribution < -0.4 is 5.32 Å². The average Bonchev–Trinajstić information content (AvgIpc) is 2.47. The number of hydrogen-bond acceptors (Lipinski definition) is 1. The second kappa shape index (κ2) is 7.23. The molecular formula is C17H17Br2NO. The zero-order valence-electron chi connectivity index (χ0n) is 11.9. The Hall–Kier alpha value is -1.13. The summed E-state index contributed by atoms with van der Waals surface area (Å²) in [5.74, 6) is 0.230. The zero-order chi connectivity index (χ0) is 15.4. The first kappa shape index (κ1) is 16.2. The number of carbonyl (C=O) groups is 1. The van der Waals surface area contributed by atoms with E-state index >= 15 is 0 Å². The van der Waals surface area contributed by atoms with E-state index in [4.69, 9.17) is 0 Å². The van der Waals surface area contributed by atoms with E-state index in [2.05, 4.69) is 51.0 Å². The van der Waals surface area contributed by atoms with Crippen molar-refractivity contribution in [2.24, 2.45) is 5.92 Å². The van der Waals surface area contributed by atoms with Gasteiger partial charge in [-0.1, -0.05) is 60.1 Å². The molecule has 0 saturated heterocycles. The fourth-order valence-electron chi connectivity index (χ4n) is 2.19. The quantitative estimate of drug-likeness (QED) is 0.724. The van der Waals surface area contributed by atoms with Crippen molar-refractivity contribution in [3.05, 3.63) is 68.6 Å². The van der Waals surface area contributed by atoms with Crippen LogP contribution in [0.2, 0.25) is 0 Å². The van der Waals surface area contributed by atoms with Crippen LogP contribution in [0.5, 0.6) is 0 Å². The second-order valence-corrected chi connectivity index (χ2v) is 7.00. The topological polar surface area (TPSA) is 29.1 Å². The number of benzene rings is 2. The van der Waals surface area contributed by atoms with Gasteiger partial charge in [0.1, 0.15) is 0 Å². The molecule has 1 unspecified atom stereocenters. The van der Waals surface area contributed by atoms with Crippen LogP contribution in [-0.2, 0) is 0 Å². The Morgan fingerprint density at radius 3 is 2.33 bits per heavy atom. The molecule has 110 valence electrons. The fraction of sp³-hybridized carbons (Fsp3) is 0.235. The van der Waals surface area contributed by atoms with Gasteiger partial charge >= 0.3 is 0 Å². The van der Waals surface area contributed by atoms with Gasteiger partial charge in [0.25, 0.3) is 5.91 Å². The monoisotopic (exact) mass is 409 g/mol. The van der Waals surface area contributed by atoms with Gasteiger partial charge in [0.05, 0.1) is 11.6 Å². The van der Waals surface area contributed by atoms with Crippen LogP contribution in [0.1, 0.15) is 35.8 Å². The lowest BCUT2D eigenvalue weighted by Gasteiger charge is -2.23. The van der Waals surface area contributed by atoms with Crippen LogP contribution in [0, 0.1) is 5.92 Å². The summed E-state index contributed by atoms with van der Waals surface area (Å²) in [7, 11) is 0. The molecule has 0 spiro atoms. The molecule has 2 aromatic carbocycles. The molecule has 0 aliphatic carbocycles. The van der Waals surface area contributed by atoms with Gasteiger partial charge in [0, 0.05) is 8.95 Å². The Balaban J connectivity index is 2.25. The first-order chi connectivity index (χ1) is 9.99. The van der Waals surface area contributed by atoms with E-state index in [1.807, 2.05) is 48.5 Å². The van der Waals surface area contributed by atoms with Gasteiger partial charge in [-0.3, -0.25) is 4.79 Å². The van der Waals surface area contributed by atoms with E-state index in [1.54, 1.807) is 0 Å². The average molecular weight is 411 g/mol. The van der Waals surface area contributed by atoms with Crippen LogP contribution in [0.4, 0.5) is 0 Å². The molecule has 1 N–H and O–H groups in total. The van der Waals surface area contributed by atoms with Gasteiger partial charge in [-0.15, -0.1) is 0 Å². The molecule has 0 bridgehead atoms. The van der Waals surface area contributed by atoms with Crippen molar-refractivity contribution in [1.82, 2.24) is 5.32 Å². The summed E-state index contributed by atoms with van der Waals surface area (Å²) in [6.45, 7) is 4.21. The molecule has 0 heterocycles. The molecule has 1 amide bonds. The Bertz CT molecular complexity index is 626. The maximum absolute atomic E-state index is 12.5. The van der Waals surface area contributed by atoms with Gasteiger partial charge in [0.15, 0.2) is 0 Å². The zero-order valence-corrected chi connectivity index (χ0v) is 15.1. The minimum Gasteiger partial charge on any atom is -0.345 e. The third-order valence-corrected chi connectivity index (χ3v) is 4.47. The Morgan fingerprint density at radius 2 is 1.71 bits per heavy atom. The van der Waals surface area contributed by atoms with Crippen molar-refractivity contribution >= 4 is 37.8 Å². The van der Waals surface area contributed by atoms with E-state index in [0.29, 0.717) is 11.5 Å². The summed E-state index contributed by atoms with van der Waals surface area (Å²) in [6.07, 6.45) is 0. The van der Waals surface area contributed by atoms with Crippen LogP contribution in [0.3, 0.4) is 0 Å². The predicted molar refractivity (Wildman–Crippen MR) is 93.3 cm³/mol. The number of amides is 1. The molecule has 0 aliphatic heterocycles. The van der Waals surface area contributed by atoms with E-state index in [1.165, 1.54) is 0 Å². The number of rotatable bonds is 4. The largest absolute Gasteiger partial charge is 0.345 e. The second-order valence-electron chi connectivity index (χ2n) is 5.23. The maximum atomic E-state index is 12.5. The summed E-state index contributed by atoms with van der Waals surface area (Å²) in [5, 5.41) is 3.13. The normalized spacial score (nSPS) is 12.2. The van der Waals surface area contributed by atoms with Gasteiger partial charge in [-0.05, 0) is 45.6 Å². The molecule has 0 aliphatic rings. The van der Waals surface area contributed by atoms with E-state index in [0.717, 1.165) is 14.5 Å². The highest BCUT2D eigenvalue weighted by Gasteiger charge is 2.20. The van der Waals surface area contributed by atoms with Crippen molar-refractivity contribution < 1.29 is 4.79 Å². The van der Waals surface area contributed by atoms with Gasteiger partial charge in [-0.25, -0.2) is 0 Å². The lowest BCUT2D eigenvalue weighted by molar-refractivity contribution is 0.0924. The third-order valence-electron chi connectivity index (χ3n) is 3.28. The molecular weight excluding hydrogens is 394 g/mol. The summed E-state index contributed by atoms with van der Waals surface area (Å²) >= 11 is 6.84. The molecule has 0 aromatic heterocycles. The van der Waals surface area contributed by atoms with Crippen molar-refractivity contribution in [1.29, 1.82) is 0 Å². The molecule has 2 rings (SSSR count). The smallest absolute Gasteiger partial charge is 0.252 e. The van der Waals surface area contributed by atoms with Crippen LogP contribution in [-0.4, -0.2) is 5.91 Å². The van der Waals surface area contributed by atoms with Crippen molar-refractivity contribution in [2.75, 3.05) is 0 Å². The molecule has 2 aromatic rings. The Morgan fingerprint density at radius 1 is 1.05 bits per heavy atom. The standard InChI is InChI=1S/C17H17Br2NO/c1-11(2)16(12-6-4-3-5-7-12)20-17(21)14-10-13(18)8-9-15(14)19/h3-11,16H,1-2H3,(H,20,21). The molecule has 4 heteroatoms. The molecule has 0 saturated carbocycles. The summed E-state index contributed by atoms with van der Waals surface area (Å²) in [6, 6.07) is 15.6. The van der Waals surface area contributed by atoms with Crippen LogP contribution in [0.15, 0.2) is 57.5 Å². The third kappa shape index (κ3) is 4.17. The molecule has 1 atom stereocenters. The van der Waals surface area contributed by atoms with Gasteiger partial charge in [-0.2, -0.15) is 0 Å². The van der Waals surface area contributed by atoms with Crippen LogP contribution >= 0.6 is 31.9 Å². The highest BCUT2D eigenvalue weighted by molar-refractivity contribution is 9.11. The van der Waals surface area contributed by atoms with Crippen molar-refractivity contribution in [3.63, 3.8) is 0 Å². The predicted octanol–water partition coefficient (Wildman–Crippen LogP) is 5.34. The number of halogens is 2. The van der Waals surface area contributed by atoms with E-state index in [9.17, 15) is 4.79 Å². The first-order valence-corrected chi connectivity index (χ1v) is 8.38. The molecule has 2 nitrogen and oxygen atoms in total. The van der Waals surface area contributed by atoms with Gasteiger partial charge in [0.2, 0.25) is 0 Å². The minimum atomic E-state index is -0.0780. The lowest BCUT2D eigenvalue weighted by atomic mass is 9.95. The number of nitrogens with one attached hydrogen (secondary N) is 1. The van der Waals surface area contributed by atoms with E-state index in [-0.39, 0.29) is 11.9 Å². The highest BCUT2D eigenvalue weighted by atomic mass is 79.9. The van der Waals surface area contributed by atoms with Crippen LogP contribution in [0.25, 0.3) is 0 Å². The lowest BCUT2D eigenvalue weighted by Crippen LogP contribution is -2.32. The summed E-state index contributed by atoms with van der Waals surface area (Å²) in [4.78, 5) is 12.5. The summed E-state index contributed by atoms with van der Waals surface area (Å²) < 4.78 is 1.68. The fourth-order valence-corrected chi connectivity index (χ4v) is 2.97. The highest BCUT2D eigenvalue weighted by Crippen LogP contribution is 2.25. The molecule has 0 radical (unpaired) electrons. The van der Waals surface area contributed by atoms with Gasteiger partial charge < -0.3 is 5.32 Å². The number of carbonyl (C=O) groups excluding carboxylic acids is 1. The minimum absolute atomic E-state index is 0.00965. The van der Waals surface area contributed by atoms with E-state index < -0.39 is 0 Å². The van der Waals surface area contributed by atoms with Crippen molar-refractivity contribution in [3.8, 4) is 0 Å². The molecule has 0 fully saturated rings. The first-order valence-electron chi connectivity index (χ1n) is 6.80. The Kier molecular flexibility index (Phi) is 5.59. The van der Waals surface area contributed by atoms with Crippen molar-refractivity contribution in [2.45, 2.75) is 19.9 Å². The summed E-state index contributed by atoms with van der Waals surface area (Å²) in [5.41, 5.74) is 1.75. The SMILES string of the molecule is CC(C)C(NC(=O)c1cc(Br)ccc1Br)c1ccccc1. The number of hydrogen-bond donors (Lipinski definition) is 1. The maximum Gasteiger partial charge on any atom is 0.252 e. The molecule has 21 heavy (non-hydrogen) atoms.